The van der Waals surface area contributed by atoms with Gasteiger partial charge in [-0.05, 0) is 71.3 Å². The Hall–Kier alpha value is -1.52. The Morgan fingerprint density at radius 3 is 2.46 bits per heavy atom. The highest BCUT2D eigenvalue weighted by atomic mass is 16.6. The van der Waals surface area contributed by atoms with Gasteiger partial charge in [0.2, 0.25) is 0 Å². The first-order valence-corrected chi connectivity index (χ1v) is 9.35. The van der Waals surface area contributed by atoms with Crippen molar-refractivity contribution in [1.29, 1.82) is 0 Å². The molecule has 0 unspecified atom stereocenters. The number of nitrogens with one attached hydrogen (secondary N) is 1. The van der Waals surface area contributed by atoms with E-state index in [-0.39, 0.29) is 12.1 Å². The number of nitrogens with zero attached hydrogens (tertiary/aromatic N) is 2. The summed E-state index contributed by atoms with van der Waals surface area (Å²) in [6.45, 7) is 11.0. The summed E-state index contributed by atoms with van der Waals surface area (Å²) >= 11 is 0. The molecule has 0 atom stereocenters. The van der Waals surface area contributed by atoms with E-state index in [1.165, 1.54) is 11.4 Å². The molecule has 1 aromatic heterocycles. The Labute approximate surface area is 146 Å². The zero-order valence-electron chi connectivity index (χ0n) is 15.9. The van der Waals surface area contributed by atoms with Crippen LogP contribution in [0.1, 0.15) is 71.7 Å². The molecule has 5 nitrogen and oxygen atoms in total. The van der Waals surface area contributed by atoms with Crippen LogP contribution >= 0.6 is 0 Å². The van der Waals surface area contributed by atoms with E-state index in [1.54, 1.807) is 0 Å². The van der Waals surface area contributed by atoms with Crippen molar-refractivity contribution >= 4 is 6.09 Å². The molecule has 0 spiro atoms. The number of aromatic nitrogens is 2. The normalized spacial score (nSPS) is 21.5. The zero-order valence-corrected chi connectivity index (χ0v) is 15.9. The third kappa shape index (κ3) is 5.53. The Morgan fingerprint density at radius 2 is 1.92 bits per heavy atom. The van der Waals surface area contributed by atoms with Gasteiger partial charge >= 0.3 is 6.09 Å². The molecular weight excluding hydrogens is 302 g/mol. The van der Waals surface area contributed by atoms with Crippen molar-refractivity contribution in [2.24, 2.45) is 5.92 Å². The van der Waals surface area contributed by atoms with Crippen LogP contribution in [0.15, 0.2) is 6.07 Å². The number of amides is 1. The van der Waals surface area contributed by atoms with Gasteiger partial charge in [0.15, 0.2) is 0 Å². The van der Waals surface area contributed by atoms with Gasteiger partial charge < -0.3 is 10.1 Å². The van der Waals surface area contributed by atoms with Crippen molar-refractivity contribution in [3.8, 4) is 0 Å². The molecule has 0 bridgehead atoms. The van der Waals surface area contributed by atoms with E-state index in [9.17, 15) is 4.79 Å². The molecule has 1 aliphatic carbocycles. The van der Waals surface area contributed by atoms with Crippen molar-refractivity contribution in [1.82, 2.24) is 15.1 Å². The van der Waals surface area contributed by atoms with Crippen LogP contribution in [-0.2, 0) is 24.1 Å². The molecule has 24 heavy (non-hydrogen) atoms. The minimum absolute atomic E-state index is 0.241. The summed E-state index contributed by atoms with van der Waals surface area (Å²) in [6, 6.07) is 2.47. The van der Waals surface area contributed by atoms with Gasteiger partial charge in [0.1, 0.15) is 5.60 Å². The van der Waals surface area contributed by atoms with Gasteiger partial charge in [0.25, 0.3) is 0 Å². The van der Waals surface area contributed by atoms with Crippen LogP contribution in [0.3, 0.4) is 0 Å². The van der Waals surface area contributed by atoms with Gasteiger partial charge in [-0.2, -0.15) is 5.10 Å². The molecule has 1 aliphatic rings. The summed E-state index contributed by atoms with van der Waals surface area (Å²) in [7, 11) is 0. The molecule has 1 N–H and O–H groups in total. The lowest BCUT2D eigenvalue weighted by atomic mass is 9.86. The molecule has 1 amide bonds. The highest BCUT2D eigenvalue weighted by Gasteiger charge is 2.25. The van der Waals surface area contributed by atoms with Gasteiger partial charge in [-0.1, -0.05) is 13.8 Å². The maximum Gasteiger partial charge on any atom is 0.407 e. The number of carbonyl (C=O) groups is 1. The van der Waals surface area contributed by atoms with E-state index in [1.807, 2.05) is 20.8 Å². The topological polar surface area (TPSA) is 56.2 Å². The van der Waals surface area contributed by atoms with Crippen LogP contribution in [0.5, 0.6) is 0 Å². The molecule has 1 fully saturated rings. The summed E-state index contributed by atoms with van der Waals surface area (Å²) in [4.78, 5) is 11.9. The first kappa shape index (κ1) is 18.8. The van der Waals surface area contributed by atoms with Gasteiger partial charge in [-0.25, -0.2) is 4.79 Å². The smallest absolute Gasteiger partial charge is 0.407 e. The van der Waals surface area contributed by atoms with Crippen molar-refractivity contribution < 1.29 is 9.53 Å². The predicted molar refractivity (Wildman–Crippen MR) is 96.1 cm³/mol. The highest BCUT2D eigenvalue weighted by Crippen LogP contribution is 2.26. The molecule has 0 radical (unpaired) electrons. The molecule has 1 heterocycles. The molecule has 1 aromatic rings. The molecule has 1 saturated carbocycles. The average molecular weight is 335 g/mol. The Morgan fingerprint density at radius 1 is 1.25 bits per heavy atom. The maximum absolute atomic E-state index is 11.9. The van der Waals surface area contributed by atoms with Gasteiger partial charge in [0, 0.05) is 18.3 Å². The molecule has 5 heteroatoms. The van der Waals surface area contributed by atoms with E-state index in [0.717, 1.165) is 45.1 Å². The van der Waals surface area contributed by atoms with Crippen LogP contribution in [0, 0.1) is 5.92 Å². The molecule has 2 rings (SSSR count). The number of ether oxygens (including phenoxy) is 1. The lowest BCUT2D eigenvalue weighted by Crippen LogP contribution is -2.41. The summed E-state index contributed by atoms with van der Waals surface area (Å²) in [5, 5.41) is 7.74. The molecular formula is C19H33N3O2. The molecule has 136 valence electrons. The van der Waals surface area contributed by atoms with Crippen molar-refractivity contribution in [2.75, 3.05) is 0 Å². The highest BCUT2D eigenvalue weighted by molar-refractivity contribution is 5.68. The second-order valence-corrected chi connectivity index (χ2v) is 7.88. The summed E-state index contributed by atoms with van der Waals surface area (Å²) in [5.74, 6) is 0.650. The number of hydrogen-bond donors (Lipinski definition) is 1. The average Bonchev–Trinajstić information content (AvgIpc) is 2.89. The van der Waals surface area contributed by atoms with Crippen LogP contribution in [0.25, 0.3) is 0 Å². The van der Waals surface area contributed by atoms with Gasteiger partial charge in [-0.15, -0.1) is 0 Å². The number of carbonyl (C=O) groups excluding carboxylic acids is 1. The minimum atomic E-state index is -0.436. The fourth-order valence-electron chi connectivity index (χ4n) is 3.34. The summed E-state index contributed by atoms with van der Waals surface area (Å²) < 4.78 is 7.54. The molecule has 0 aromatic carbocycles. The fraction of sp³-hybridized carbons (Fsp3) is 0.789. The Kier molecular flexibility index (Phi) is 6.30. The first-order valence-electron chi connectivity index (χ1n) is 9.35. The van der Waals surface area contributed by atoms with Crippen LogP contribution < -0.4 is 5.32 Å². The van der Waals surface area contributed by atoms with E-state index < -0.39 is 5.60 Å². The summed E-state index contributed by atoms with van der Waals surface area (Å²) in [5.41, 5.74) is 2.09. The monoisotopic (exact) mass is 335 g/mol. The zero-order chi connectivity index (χ0) is 17.7. The standard InChI is InChI=1S/C19H33N3O2/c1-6-15-12-17(7-2)22(21-15)13-14-8-10-16(11-9-14)20-18(23)24-19(3,4)5/h12,14,16H,6-11,13H2,1-5H3,(H,20,23)/t14-,16-. The number of aryl methyl sites for hydroxylation is 2. The third-order valence-corrected chi connectivity index (χ3v) is 4.64. The molecule has 0 aliphatic heterocycles. The Balaban J connectivity index is 1.81. The quantitative estimate of drug-likeness (QED) is 0.881. The van der Waals surface area contributed by atoms with Crippen LogP contribution in [0.4, 0.5) is 4.79 Å². The Bertz CT molecular complexity index is 537. The van der Waals surface area contributed by atoms with E-state index in [0.29, 0.717) is 5.92 Å². The third-order valence-electron chi connectivity index (χ3n) is 4.64. The van der Waals surface area contributed by atoms with Crippen molar-refractivity contribution in [2.45, 2.75) is 91.3 Å². The SMILES string of the molecule is CCc1cc(CC)n(C[C@H]2CC[C@H](NC(=O)OC(C)(C)C)CC2)n1. The van der Waals surface area contributed by atoms with Crippen molar-refractivity contribution in [3.05, 3.63) is 17.5 Å². The van der Waals surface area contributed by atoms with E-state index in [2.05, 4.69) is 29.9 Å². The number of alkyl carbamates (subject to hydrolysis) is 1. The van der Waals surface area contributed by atoms with Gasteiger partial charge in [-0.3, -0.25) is 4.68 Å². The first-order chi connectivity index (χ1) is 11.3. The van der Waals surface area contributed by atoms with Gasteiger partial charge in [0.05, 0.1) is 5.69 Å². The number of rotatable bonds is 5. The fourth-order valence-corrected chi connectivity index (χ4v) is 3.34. The lowest BCUT2D eigenvalue weighted by molar-refractivity contribution is 0.0485. The van der Waals surface area contributed by atoms with E-state index >= 15 is 0 Å². The van der Waals surface area contributed by atoms with Crippen LogP contribution in [-0.4, -0.2) is 27.5 Å². The maximum atomic E-state index is 11.9. The van der Waals surface area contributed by atoms with E-state index in [4.69, 9.17) is 9.84 Å². The largest absolute Gasteiger partial charge is 0.444 e. The minimum Gasteiger partial charge on any atom is -0.444 e. The predicted octanol–water partition coefficient (Wildman–Crippen LogP) is 4.09. The lowest BCUT2D eigenvalue weighted by Gasteiger charge is -2.30. The summed E-state index contributed by atoms with van der Waals surface area (Å²) in [6.07, 6.45) is 6.03. The van der Waals surface area contributed by atoms with Crippen molar-refractivity contribution in [3.63, 3.8) is 0 Å². The number of hydrogen-bond acceptors (Lipinski definition) is 3. The second kappa shape index (κ2) is 8.04. The molecule has 0 saturated heterocycles. The van der Waals surface area contributed by atoms with Crippen LogP contribution in [0.2, 0.25) is 0 Å². The second-order valence-electron chi connectivity index (χ2n) is 7.88.